The summed E-state index contributed by atoms with van der Waals surface area (Å²) in [7, 11) is 2.91. The fourth-order valence-electron chi connectivity index (χ4n) is 3.73. The predicted molar refractivity (Wildman–Crippen MR) is 128 cm³/mol. The van der Waals surface area contributed by atoms with E-state index in [1.807, 2.05) is 43.3 Å². The summed E-state index contributed by atoms with van der Waals surface area (Å²) in [5.41, 5.74) is 4.75. The van der Waals surface area contributed by atoms with Crippen LogP contribution in [0.2, 0.25) is 0 Å². The standard InChI is InChI=1S/C26H23N3O4/c1-15-13-20-21(14-19(15)26(32)33-3)29-25(31)22(20)23(16-7-5-4-6-8-16)28-18-11-9-17(10-12-18)24(30)27-2/h4-14,29,31H,1-3H3,(H,27,30). The first-order valence-electron chi connectivity index (χ1n) is 10.3. The second kappa shape index (κ2) is 9.00. The number of carbonyl (C=O) groups excluding carboxylic acids is 2. The topological polar surface area (TPSA) is 104 Å². The number of benzene rings is 3. The fraction of sp³-hybridized carbons (Fsp3) is 0.115. The van der Waals surface area contributed by atoms with Crippen LogP contribution in [-0.4, -0.2) is 41.8 Å². The number of nitrogens with one attached hydrogen (secondary N) is 2. The molecule has 0 saturated carbocycles. The summed E-state index contributed by atoms with van der Waals surface area (Å²) in [5.74, 6) is -0.686. The third-order valence-corrected chi connectivity index (χ3v) is 5.41. The molecule has 7 heteroatoms. The number of H-pyrrole nitrogens is 1. The average Bonchev–Trinajstić information content (AvgIpc) is 3.16. The van der Waals surface area contributed by atoms with E-state index in [0.29, 0.717) is 33.6 Å². The maximum absolute atomic E-state index is 12.1. The van der Waals surface area contributed by atoms with E-state index < -0.39 is 5.97 Å². The fourth-order valence-corrected chi connectivity index (χ4v) is 3.73. The maximum atomic E-state index is 12.1. The quantitative estimate of drug-likeness (QED) is 0.313. The highest BCUT2D eigenvalue weighted by molar-refractivity contribution is 6.22. The minimum Gasteiger partial charge on any atom is -0.494 e. The molecular weight excluding hydrogens is 418 g/mol. The van der Waals surface area contributed by atoms with Crippen molar-refractivity contribution < 1.29 is 19.4 Å². The van der Waals surface area contributed by atoms with Gasteiger partial charge in [-0.25, -0.2) is 9.79 Å². The third kappa shape index (κ3) is 4.21. The molecule has 7 nitrogen and oxygen atoms in total. The zero-order valence-corrected chi connectivity index (χ0v) is 18.5. The lowest BCUT2D eigenvalue weighted by atomic mass is 9.98. The molecule has 0 aliphatic carbocycles. The van der Waals surface area contributed by atoms with E-state index in [1.54, 1.807) is 37.4 Å². The van der Waals surface area contributed by atoms with Crippen LogP contribution >= 0.6 is 0 Å². The van der Waals surface area contributed by atoms with E-state index in [-0.39, 0.29) is 11.8 Å². The van der Waals surface area contributed by atoms with Gasteiger partial charge in [0.2, 0.25) is 0 Å². The lowest BCUT2D eigenvalue weighted by molar-refractivity contribution is 0.0600. The number of aromatic amines is 1. The van der Waals surface area contributed by atoms with Gasteiger partial charge in [0.25, 0.3) is 5.91 Å². The van der Waals surface area contributed by atoms with Crippen LogP contribution in [0.3, 0.4) is 0 Å². The molecule has 3 N–H and O–H groups in total. The SMILES string of the molecule is CNC(=O)c1ccc(N=C(c2ccccc2)c2c(O)[nH]c3cc(C(=O)OC)c(C)cc23)cc1. The largest absolute Gasteiger partial charge is 0.494 e. The van der Waals surface area contributed by atoms with Gasteiger partial charge in [-0.15, -0.1) is 0 Å². The molecule has 0 radical (unpaired) electrons. The van der Waals surface area contributed by atoms with Crippen LogP contribution in [0.4, 0.5) is 5.69 Å². The third-order valence-electron chi connectivity index (χ3n) is 5.41. The molecule has 1 amide bonds. The minimum absolute atomic E-state index is 0.0593. The van der Waals surface area contributed by atoms with Gasteiger partial charge in [-0.05, 0) is 48.9 Å². The van der Waals surface area contributed by atoms with Crippen LogP contribution in [0.15, 0.2) is 71.7 Å². The summed E-state index contributed by atoms with van der Waals surface area (Å²) in [6.45, 7) is 1.82. The van der Waals surface area contributed by atoms with Crippen molar-refractivity contribution in [1.82, 2.24) is 10.3 Å². The maximum Gasteiger partial charge on any atom is 0.338 e. The molecule has 1 heterocycles. The van der Waals surface area contributed by atoms with Crippen molar-refractivity contribution >= 4 is 34.2 Å². The number of methoxy groups -OCH3 is 1. The van der Waals surface area contributed by atoms with Gasteiger partial charge in [0.15, 0.2) is 5.88 Å². The van der Waals surface area contributed by atoms with Crippen molar-refractivity contribution in [2.75, 3.05) is 14.2 Å². The molecule has 33 heavy (non-hydrogen) atoms. The second-order valence-corrected chi connectivity index (χ2v) is 7.51. The van der Waals surface area contributed by atoms with Gasteiger partial charge in [-0.3, -0.25) is 4.79 Å². The summed E-state index contributed by atoms with van der Waals surface area (Å²) < 4.78 is 4.87. The molecule has 0 bridgehead atoms. The minimum atomic E-state index is -0.446. The Morgan fingerprint density at radius 3 is 2.33 bits per heavy atom. The predicted octanol–water partition coefficient (Wildman–Crippen LogP) is 4.50. The van der Waals surface area contributed by atoms with Crippen molar-refractivity contribution in [3.05, 3.63) is 94.5 Å². The first-order valence-corrected chi connectivity index (χ1v) is 10.3. The Morgan fingerprint density at radius 1 is 1.00 bits per heavy atom. The number of carbonyl (C=O) groups is 2. The lowest BCUT2D eigenvalue weighted by Crippen LogP contribution is -2.17. The Kier molecular flexibility index (Phi) is 5.95. The molecule has 4 rings (SSSR count). The van der Waals surface area contributed by atoms with Crippen LogP contribution in [0.25, 0.3) is 10.9 Å². The number of aromatic nitrogens is 1. The summed E-state index contributed by atoms with van der Waals surface area (Å²) in [5, 5.41) is 14.2. The number of aromatic hydroxyl groups is 1. The molecule has 0 fully saturated rings. The van der Waals surface area contributed by atoms with Gasteiger partial charge in [0, 0.05) is 29.1 Å². The van der Waals surface area contributed by atoms with E-state index >= 15 is 0 Å². The molecule has 166 valence electrons. The molecule has 0 aliphatic heterocycles. The average molecular weight is 441 g/mol. The highest BCUT2D eigenvalue weighted by atomic mass is 16.5. The first kappa shape index (κ1) is 21.8. The van der Waals surface area contributed by atoms with Crippen LogP contribution in [0.1, 0.15) is 37.4 Å². The van der Waals surface area contributed by atoms with Crippen molar-refractivity contribution in [3.8, 4) is 5.88 Å². The van der Waals surface area contributed by atoms with Crippen molar-refractivity contribution in [3.63, 3.8) is 0 Å². The van der Waals surface area contributed by atoms with Gasteiger partial charge < -0.3 is 20.1 Å². The monoisotopic (exact) mass is 441 g/mol. The number of esters is 1. The van der Waals surface area contributed by atoms with Gasteiger partial charge in [0.05, 0.1) is 29.6 Å². The smallest absolute Gasteiger partial charge is 0.338 e. The van der Waals surface area contributed by atoms with E-state index in [1.165, 1.54) is 7.11 Å². The van der Waals surface area contributed by atoms with Crippen molar-refractivity contribution in [2.24, 2.45) is 4.99 Å². The van der Waals surface area contributed by atoms with Crippen LogP contribution in [0, 0.1) is 6.92 Å². The molecule has 0 aliphatic rings. The zero-order chi connectivity index (χ0) is 23.5. The Bertz CT molecular complexity index is 1370. The number of ether oxygens (including phenoxy) is 1. The molecule has 3 aromatic carbocycles. The molecule has 0 unspecified atom stereocenters. The number of aliphatic imine (C=N–C) groups is 1. The summed E-state index contributed by atoms with van der Waals surface area (Å²) in [6, 6.07) is 19.9. The highest BCUT2D eigenvalue weighted by Crippen LogP contribution is 2.33. The van der Waals surface area contributed by atoms with Gasteiger partial charge in [-0.1, -0.05) is 30.3 Å². The number of amides is 1. The summed E-state index contributed by atoms with van der Waals surface area (Å²) in [4.78, 5) is 31.8. The molecule has 0 saturated heterocycles. The molecule has 4 aromatic rings. The number of aryl methyl sites for hydroxylation is 1. The van der Waals surface area contributed by atoms with Crippen LogP contribution in [0.5, 0.6) is 5.88 Å². The van der Waals surface area contributed by atoms with E-state index in [2.05, 4.69) is 10.3 Å². The molecule has 0 spiro atoms. The lowest BCUT2D eigenvalue weighted by Gasteiger charge is -2.09. The van der Waals surface area contributed by atoms with Crippen molar-refractivity contribution in [1.29, 1.82) is 0 Å². The Balaban J connectivity index is 1.91. The summed E-state index contributed by atoms with van der Waals surface area (Å²) >= 11 is 0. The van der Waals surface area contributed by atoms with Gasteiger partial charge in [0.1, 0.15) is 0 Å². The van der Waals surface area contributed by atoms with Crippen molar-refractivity contribution in [2.45, 2.75) is 6.92 Å². The second-order valence-electron chi connectivity index (χ2n) is 7.51. The first-order chi connectivity index (χ1) is 15.9. The Hall–Kier alpha value is -4.39. The number of fused-ring (bicyclic) bond motifs is 1. The van der Waals surface area contributed by atoms with Crippen LogP contribution < -0.4 is 5.32 Å². The molecule has 1 aromatic heterocycles. The number of hydrogen-bond donors (Lipinski definition) is 3. The number of rotatable bonds is 5. The van der Waals surface area contributed by atoms with E-state index in [9.17, 15) is 14.7 Å². The Morgan fingerprint density at radius 2 is 1.70 bits per heavy atom. The molecule has 0 atom stereocenters. The number of nitrogens with zero attached hydrogens (tertiary/aromatic N) is 1. The molecular formula is C26H23N3O4. The summed E-state index contributed by atoms with van der Waals surface area (Å²) in [6.07, 6.45) is 0. The van der Waals surface area contributed by atoms with Crippen LogP contribution in [-0.2, 0) is 4.74 Å². The zero-order valence-electron chi connectivity index (χ0n) is 18.5. The number of hydrogen-bond acceptors (Lipinski definition) is 5. The van der Waals surface area contributed by atoms with E-state index in [0.717, 1.165) is 16.5 Å². The van der Waals surface area contributed by atoms with Gasteiger partial charge in [-0.2, -0.15) is 0 Å². The van der Waals surface area contributed by atoms with Gasteiger partial charge >= 0.3 is 5.97 Å². The highest BCUT2D eigenvalue weighted by Gasteiger charge is 2.21. The normalized spacial score (nSPS) is 11.4. The van der Waals surface area contributed by atoms with E-state index in [4.69, 9.17) is 9.73 Å². The Labute approximate surface area is 190 Å².